The quantitative estimate of drug-likeness (QED) is 0.574. The Bertz CT molecular complexity index is 254. The fourth-order valence-corrected chi connectivity index (χ4v) is 2.04. The van der Waals surface area contributed by atoms with Crippen molar-refractivity contribution < 1.29 is 19.8 Å². The molecule has 16 heavy (non-hydrogen) atoms. The number of hydrogen-bond acceptors (Lipinski definition) is 3. The monoisotopic (exact) mass is 229 g/mol. The lowest BCUT2D eigenvalue weighted by molar-refractivity contribution is -0.141. The Kier molecular flexibility index (Phi) is 5.25. The summed E-state index contributed by atoms with van der Waals surface area (Å²) in [6.07, 6.45) is 3.17. The zero-order valence-electron chi connectivity index (χ0n) is 9.32. The van der Waals surface area contributed by atoms with Crippen LogP contribution < -0.4 is 5.32 Å². The highest BCUT2D eigenvalue weighted by molar-refractivity contribution is 5.80. The molecular weight excluding hydrogens is 210 g/mol. The lowest BCUT2D eigenvalue weighted by Crippen LogP contribution is -2.30. The Morgan fingerprint density at radius 1 is 1.19 bits per heavy atom. The van der Waals surface area contributed by atoms with Gasteiger partial charge in [-0.1, -0.05) is 0 Å². The van der Waals surface area contributed by atoms with Crippen LogP contribution in [-0.2, 0) is 9.59 Å². The van der Waals surface area contributed by atoms with E-state index >= 15 is 0 Å². The summed E-state index contributed by atoms with van der Waals surface area (Å²) in [7, 11) is 0. The predicted molar refractivity (Wildman–Crippen MR) is 57.8 cm³/mol. The summed E-state index contributed by atoms with van der Waals surface area (Å²) in [5, 5.41) is 20.1. The first-order valence-electron chi connectivity index (χ1n) is 5.76. The molecule has 0 spiro atoms. The molecule has 3 N–H and O–H groups in total. The smallest absolute Gasteiger partial charge is 0.306 e. The number of carbonyl (C=O) groups is 2. The maximum absolute atomic E-state index is 11.6. The second-order valence-corrected chi connectivity index (χ2v) is 4.27. The van der Waals surface area contributed by atoms with Crippen molar-refractivity contribution in [2.75, 3.05) is 13.2 Å². The number of aliphatic carboxylic acids is 1. The Hall–Kier alpha value is -1.10. The first-order chi connectivity index (χ1) is 7.65. The molecule has 0 aromatic rings. The van der Waals surface area contributed by atoms with Gasteiger partial charge in [-0.2, -0.15) is 0 Å². The van der Waals surface area contributed by atoms with Crippen LogP contribution in [0.1, 0.15) is 32.1 Å². The number of amides is 1. The van der Waals surface area contributed by atoms with Crippen LogP contribution >= 0.6 is 0 Å². The number of aliphatic hydroxyl groups excluding tert-OH is 1. The normalized spacial score (nSPS) is 24.3. The Balaban J connectivity index is 2.20. The second kappa shape index (κ2) is 6.48. The molecule has 0 unspecified atom stereocenters. The Morgan fingerprint density at radius 2 is 1.88 bits per heavy atom. The first kappa shape index (κ1) is 13.0. The molecule has 0 saturated heterocycles. The van der Waals surface area contributed by atoms with E-state index in [0.29, 0.717) is 32.2 Å². The van der Waals surface area contributed by atoms with E-state index in [9.17, 15) is 9.59 Å². The SMILES string of the molecule is O=C(O)[C@H]1CC[C@@H](C(=O)NCCCCO)C1. The topological polar surface area (TPSA) is 86.6 Å². The second-order valence-electron chi connectivity index (χ2n) is 4.27. The molecule has 0 radical (unpaired) electrons. The molecule has 92 valence electrons. The van der Waals surface area contributed by atoms with Crippen molar-refractivity contribution in [1.82, 2.24) is 5.32 Å². The van der Waals surface area contributed by atoms with E-state index in [1.807, 2.05) is 0 Å². The number of carboxylic acid groups (broad SMARTS) is 1. The van der Waals surface area contributed by atoms with E-state index in [2.05, 4.69) is 5.32 Å². The van der Waals surface area contributed by atoms with E-state index in [-0.39, 0.29) is 24.3 Å². The van der Waals surface area contributed by atoms with Gasteiger partial charge in [-0.25, -0.2) is 0 Å². The van der Waals surface area contributed by atoms with Crippen LogP contribution in [0.25, 0.3) is 0 Å². The average Bonchev–Trinajstić information content (AvgIpc) is 2.73. The maximum Gasteiger partial charge on any atom is 0.306 e. The summed E-state index contributed by atoms with van der Waals surface area (Å²) < 4.78 is 0. The van der Waals surface area contributed by atoms with Crippen molar-refractivity contribution in [3.8, 4) is 0 Å². The molecular formula is C11H19NO4. The van der Waals surface area contributed by atoms with Crippen molar-refractivity contribution >= 4 is 11.9 Å². The van der Waals surface area contributed by atoms with Crippen molar-refractivity contribution in [1.29, 1.82) is 0 Å². The molecule has 1 fully saturated rings. The largest absolute Gasteiger partial charge is 0.481 e. The summed E-state index contributed by atoms with van der Waals surface area (Å²) in [6, 6.07) is 0. The van der Waals surface area contributed by atoms with Crippen molar-refractivity contribution in [3.63, 3.8) is 0 Å². The van der Waals surface area contributed by atoms with Crippen LogP contribution in [0.4, 0.5) is 0 Å². The third-order valence-corrected chi connectivity index (χ3v) is 3.04. The molecule has 5 heteroatoms. The van der Waals surface area contributed by atoms with Gasteiger partial charge in [-0.3, -0.25) is 9.59 Å². The molecule has 2 atom stereocenters. The van der Waals surface area contributed by atoms with Crippen LogP contribution in [0, 0.1) is 11.8 Å². The minimum Gasteiger partial charge on any atom is -0.481 e. The molecule has 0 aromatic carbocycles. The summed E-state index contributed by atoms with van der Waals surface area (Å²) in [5.74, 6) is -1.33. The van der Waals surface area contributed by atoms with Crippen LogP contribution in [-0.4, -0.2) is 35.2 Å². The summed E-state index contributed by atoms with van der Waals surface area (Å²) in [6.45, 7) is 0.702. The number of rotatable bonds is 6. The highest BCUT2D eigenvalue weighted by atomic mass is 16.4. The average molecular weight is 229 g/mol. The first-order valence-corrected chi connectivity index (χ1v) is 5.76. The predicted octanol–water partition coefficient (Wildman–Crippen LogP) is 0.376. The van der Waals surface area contributed by atoms with Gasteiger partial charge in [0.2, 0.25) is 5.91 Å². The number of nitrogens with one attached hydrogen (secondary N) is 1. The molecule has 1 amide bonds. The van der Waals surface area contributed by atoms with Gasteiger partial charge < -0.3 is 15.5 Å². The van der Waals surface area contributed by atoms with Gasteiger partial charge in [0, 0.05) is 19.1 Å². The van der Waals surface area contributed by atoms with Gasteiger partial charge in [0.05, 0.1) is 5.92 Å². The van der Waals surface area contributed by atoms with Crippen molar-refractivity contribution in [2.24, 2.45) is 11.8 Å². The molecule has 1 saturated carbocycles. The van der Waals surface area contributed by atoms with Crippen molar-refractivity contribution in [3.05, 3.63) is 0 Å². The Morgan fingerprint density at radius 3 is 2.44 bits per heavy atom. The molecule has 0 aromatic heterocycles. The third kappa shape index (κ3) is 3.81. The number of hydrogen-bond donors (Lipinski definition) is 3. The van der Waals surface area contributed by atoms with E-state index in [0.717, 1.165) is 6.42 Å². The van der Waals surface area contributed by atoms with E-state index in [4.69, 9.17) is 10.2 Å². The van der Waals surface area contributed by atoms with Crippen LogP contribution in [0.2, 0.25) is 0 Å². The summed E-state index contributed by atoms with van der Waals surface area (Å²) in [5.41, 5.74) is 0. The molecule has 1 aliphatic carbocycles. The van der Waals surface area contributed by atoms with Gasteiger partial charge >= 0.3 is 5.97 Å². The number of carboxylic acids is 1. The van der Waals surface area contributed by atoms with Crippen LogP contribution in [0.3, 0.4) is 0 Å². The van der Waals surface area contributed by atoms with Crippen LogP contribution in [0.5, 0.6) is 0 Å². The van der Waals surface area contributed by atoms with Crippen molar-refractivity contribution in [2.45, 2.75) is 32.1 Å². The lowest BCUT2D eigenvalue weighted by Gasteiger charge is -2.10. The zero-order valence-corrected chi connectivity index (χ0v) is 9.32. The molecule has 0 aliphatic heterocycles. The molecule has 1 aliphatic rings. The zero-order chi connectivity index (χ0) is 12.0. The number of aliphatic hydroxyl groups is 1. The lowest BCUT2D eigenvalue weighted by atomic mass is 10.0. The van der Waals surface area contributed by atoms with E-state index < -0.39 is 5.97 Å². The molecule has 5 nitrogen and oxygen atoms in total. The third-order valence-electron chi connectivity index (χ3n) is 3.04. The van der Waals surface area contributed by atoms with Gasteiger partial charge in [0.15, 0.2) is 0 Å². The number of carbonyl (C=O) groups excluding carboxylic acids is 1. The van der Waals surface area contributed by atoms with Gasteiger partial charge in [0.25, 0.3) is 0 Å². The molecule has 0 heterocycles. The highest BCUT2D eigenvalue weighted by Gasteiger charge is 2.33. The molecule has 1 rings (SSSR count). The fraction of sp³-hybridized carbons (Fsp3) is 0.818. The van der Waals surface area contributed by atoms with Crippen LogP contribution in [0.15, 0.2) is 0 Å². The van der Waals surface area contributed by atoms with E-state index in [1.165, 1.54) is 0 Å². The molecule has 0 bridgehead atoms. The number of unbranched alkanes of at least 4 members (excludes halogenated alkanes) is 1. The summed E-state index contributed by atoms with van der Waals surface area (Å²) >= 11 is 0. The van der Waals surface area contributed by atoms with Gasteiger partial charge in [-0.05, 0) is 32.1 Å². The minimum atomic E-state index is -0.796. The highest BCUT2D eigenvalue weighted by Crippen LogP contribution is 2.30. The van der Waals surface area contributed by atoms with Gasteiger partial charge in [-0.15, -0.1) is 0 Å². The maximum atomic E-state index is 11.6. The fourth-order valence-electron chi connectivity index (χ4n) is 2.04. The minimum absolute atomic E-state index is 0.0401. The summed E-state index contributed by atoms with van der Waals surface area (Å²) in [4.78, 5) is 22.3. The van der Waals surface area contributed by atoms with E-state index in [1.54, 1.807) is 0 Å². The Labute approximate surface area is 94.8 Å². The standard InChI is InChI=1S/C11H19NO4/c13-6-2-1-5-12-10(14)8-3-4-9(7-8)11(15)16/h8-9,13H,1-7H2,(H,12,14)(H,15,16)/t8-,9+/m1/s1. The van der Waals surface area contributed by atoms with Gasteiger partial charge in [0.1, 0.15) is 0 Å².